The number of carbonyl (C=O) groups is 1. The average molecular weight is 370 g/mol. The first-order valence-corrected chi connectivity index (χ1v) is 9.95. The average Bonchev–Trinajstić information content (AvgIpc) is 3.40. The Morgan fingerprint density at radius 2 is 1.96 bits per heavy atom. The molecule has 5 nitrogen and oxygen atoms in total. The second kappa shape index (κ2) is 7.90. The topological polar surface area (TPSA) is 65.4 Å². The van der Waals surface area contributed by atoms with Gasteiger partial charge in [-0.25, -0.2) is 4.79 Å². The van der Waals surface area contributed by atoms with E-state index in [1.165, 1.54) is 5.56 Å². The van der Waals surface area contributed by atoms with E-state index < -0.39 is 5.60 Å². The molecule has 1 aliphatic carbocycles. The molecule has 1 aromatic rings. The molecule has 1 aliphatic heterocycles. The third kappa shape index (κ3) is 5.23. The van der Waals surface area contributed by atoms with Crippen molar-refractivity contribution in [2.45, 2.75) is 64.0 Å². The van der Waals surface area contributed by atoms with Gasteiger partial charge in [0.2, 0.25) is 0 Å². The molecule has 146 valence electrons. The van der Waals surface area contributed by atoms with Crippen LogP contribution in [0.25, 0.3) is 0 Å². The molecule has 2 atom stereocenters. The number of rotatable bonds is 5. The number of nitrogens with one attached hydrogen (secondary N) is 1. The van der Waals surface area contributed by atoms with Gasteiger partial charge in [-0.15, -0.1) is 0 Å². The second-order valence-electron chi connectivity index (χ2n) is 9.04. The third-order valence-electron chi connectivity index (χ3n) is 5.69. The van der Waals surface area contributed by atoms with Crippen LogP contribution in [-0.2, 0) is 4.74 Å². The van der Waals surface area contributed by atoms with Crippen LogP contribution >= 0.6 is 0 Å². The lowest BCUT2D eigenvalue weighted by Gasteiger charge is -2.41. The third-order valence-corrected chi connectivity index (χ3v) is 5.69. The van der Waals surface area contributed by atoms with E-state index in [2.05, 4.69) is 41.7 Å². The van der Waals surface area contributed by atoms with E-state index in [-0.39, 0.29) is 11.5 Å². The summed E-state index contributed by atoms with van der Waals surface area (Å²) in [7, 11) is 0. The maximum absolute atomic E-state index is 12.3. The highest BCUT2D eigenvalue weighted by Gasteiger charge is 2.42. The van der Waals surface area contributed by atoms with Gasteiger partial charge in [0.05, 0.1) is 6.07 Å². The number of nitrogens with zero attached hydrogens (tertiary/aromatic N) is 2. The molecule has 1 N–H and O–H groups in total. The zero-order valence-corrected chi connectivity index (χ0v) is 16.7. The summed E-state index contributed by atoms with van der Waals surface area (Å²) in [5.74, 6) is 0.590. The van der Waals surface area contributed by atoms with Crippen LogP contribution in [0.15, 0.2) is 30.3 Å². The Kier molecular flexibility index (Phi) is 5.76. The summed E-state index contributed by atoms with van der Waals surface area (Å²) < 4.78 is 5.48. The zero-order valence-electron chi connectivity index (χ0n) is 16.7. The summed E-state index contributed by atoms with van der Waals surface area (Å²) >= 11 is 0. The summed E-state index contributed by atoms with van der Waals surface area (Å²) in [6.07, 6.45) is 3.14. The van der Waals surface area contributed by atoms with E-state index in [0.717, 1.165) is 25.8 Å². The molecule has 1 saturated heterocycles. The van der Waals surface area contributed by atoms with Crippen molar-refractivity contribution >= 4 is 6.09 Å². The van der Waals surface area contributed by atoms with Crippen molar-refractivity contribution in [3.05, 3.63) is 35.9 Å². The lowest BCUT2D eigenvalue weighted by molar-refractivity contribution is 0.0104. The predicted molar refractivity (Wildman–Crippen MR) is 105 cm³/mol. The largest absolute Gasteiger partial charge is 0.444 e. The summed E-state index contributed by atoms with van der Waals surface area (Å²) in [5.41, 5.74) is 0.874. The summed E-state index contributed by atoms with van der Waals surface area (Å²) in [4.78, 5) is 14.1. The molecule has 0 bridgehead atoms. The first-order chi connectivity index (χ1) is 12.8. The maximum atomic E-state index is 12.3. The highest BCUT2D eigenvalue weighted by Crippen LogP contribution is 2.42. The standard InChI is InChI=1S/C22H31N3O2/c1-21(2,3)27-20(26)25-13-10-22(9-12-23,11-14-25)16-24-19-15-18(19)17-7-5-4-6-8-17/h4-8,18-19,24H,9-11,13-16H2,1-3H3/t18-,19+/m0/s1. The van der Waals surface area contributed by atoms with Gasteiger partial charge in [-0.2, -0.15) is 5.26 Å². The molecule has 0 unspecified atom stereocenters. The van der Waals surface area contributed by atoms with Gasteiger partial charge in [0, 0.05) is 38.0 Å². The van der Waals surface area contributed by atoms with Crippen LogP contribution in [0.3, 0.4) is 0 Å². The minimum absolute atomic E-state index is 0.0446. The Morgan fingerprint density at radius 3 is 2.56 bits per heavy atom. The number of hydrogen-bond acceptors (Lipinski definition) is 4. The van der Waals surface area contributed by atoms with Crippen molar-refractivity contribution < 1.29 is 9.53 Å². The molecule has 1 aromatic carbocycles. The van der Waals surface area contributed by atoms with Gasteiger partial charge in [0.1, 0.15) is 5.60 Å². The Morgan fingerprint density at radius 1 is 1.30 bits per heavy atom. The van der Waals surface area contributed by atoms with Crippen molar-refractivity contribution in [3.63, 3.8) is 0 Å². The fraction of sp³-hybridized carbons (Fsp3) is 0.636. The van der Waals surface area contributed by atoms with Gasteiger partial charge >= 0.3 is 6.09 Å². The van der Waals surface area contributed by atoms with Gasteiger partial charge in [-0.1, -0.05) is 30.3 Å². The smallest absolute Gasteiger partial charge is 0.410 e. The fourth-order valence-corrected chi connectivity index (χ4v) is 3.91. The van der Waals surface area contributed by atoms with E-state index in [1.807, 2.05) is 20.8 Å². The number of likely N-dealkylation sites (tertiary alicyclic amines) is 1. The van der Waals surface area contributed by atoms with Gasteiger partial charge in [-0.3, -0.25) is 0 Å². The molecule has 1 saturated carbocycles. The molecule has 0 radical (unpaired) electrons. The molecule has 1 amide bonds. The number of amides is 1. The van der Waals surface area contributed by atoms with Crippen molar-refractivity contribution in [2.24, 2.45) is 5.41 Å². The monoisotopic (exact) mass is 369 g/mol. The molecule has 2 aliphatic rings. The molecular weight excluding hydrogens is 338 g/mol. The van der Waals surface area contributed by atoms with Crippen LogP contribution in [0.5, 0.6) is 0 Å². The van der Waals surface area contributed by atoms with E-state index in [1.54, 1.807) is 4.90 Å². The summed E-state index contributed by atoms with van der Waals surface area (Å²) in [6, 6.07) is 13.5. The van der Waals surface area contributed by atoms with Crippen molar-refractivity contribution in [3.8, 4) is 6.07 Å². The van der Waals surface area contributed by atoms with Crippen LogP contribution in [0.2, 0.25) is 0 Å². The predicted octanol–water partition coefficient (Wildman–Crippen LogP) is 4.06. The number of piperidine rings is 1. The van der Waals surface area contributed by atoms with E-state index in [0.29, 0.717) is 31.5 Å². The Balaban J connectivity index is 1.51. The Hall–Kier alpha value is -2.06. The number of carbonyl (C=O) groups excluding carboxylic acids is 1. The van der Waals surface area contributed by atoms with E-state index in [9.17, 15) is 10.1 Å². The first-order valence-electron chi connectivity index (χ1n) is 9.95. The molecule has 27 heavy (non-hydrogen) atoms. The van der Waals surface area contributed by atoms with Gasteiger partial charge in [0.25, 0.3) is 0 Å². The maximum Gasteiger partial charge on any atom is 0.410 e. The van der Waals surface area contributed by atoms with Gasteiger partial charge in [0.15, 0.2) is 0 Å². The highest BCUT2D eigenvalue weighted by atomic mass is 16.6. The minimum Gasteiger partial charge on any atom is -0.444 e. The molecule has 2 fully saturated rings. The molecule has 3 rings (SSSR count). The number of nitriles is 1. The number of hydrogen-bond donors (Lipinski definition) is 1. The van der Waals surface area contributed by atoms with Crippen molar-refractivity contribution in [2.75, 3.05) is 19.6 Å². The summed E-state index contributed by atoms with van der Waals surface area (Å²) in [6.45, 7) is 7.82. The molecule has 5 heteroatoms. The van der Waals surface area contributed by atoms with Crippen molar-refractivity contribution in [1.82, 2.24) is 10.2 Å². The van der Waals surface area contributed by atoms with Crippen LogP contribution in [0.1, 0.15) is 57.9 Å². The van der Waals surface area contributed by atoms with E-state index in [4.69, 9.17) is 4.74 Å². The normalized spacial score (nSPS) is 24.1. The highest BCUT2D eigenvalue weighted by molar-refractivity contribution is 5.68. The molecule has 1 heterocycles. The number of benzene rings is 1. The second-order valence-corrected chi connectivity index (χ2v) is 9.04. The molecular formula is C22H31N3O2. The van der Waals surface area contributed by atoms with Gasteiger partial charge < -0.3 is 15.0 Å². The first kappa shape index (κ1) is 19.7. The SMILES string of the molecule is CC(C)(C)OC(=O)N1CCC(CC#N)(CN[C@@H]2C[C@H]2c2ccccc2)CC1. The van der Waals surface area contributed by atoms with Crippen LogP contribution in [0, 0.1) is 16.7 Å². The molecule has 0 spiro atoms. The number of ether oxygens (including phenoxy) is 1. The zero-order chi connectivity index (χ0) is 19.5. The summed E-state index contributed by atoms with van der Waals surface area (Å²) in [5, 5.41) is 13.0. The lowest BCUT2D eigenvalue weighted by atomic mass is 9.76. The Labute approximate surface area is 162 Å². The fourth-order valence-electron chi connectivity index (χ4n) is 3.91. The lowest BCUT2D eigenvalue weighted by Crippen LogP contribution is -2.48. The quantitative estimate of drug-likeness (QED) is 0.850. The van der Waals surface area contributed by atoms with Crippen molar-refractivity contribution in [1.29, 1.82) is 5.26 Å². The van der Waals surface area contributed by atoms with Crippen LogP contribution in [0.4, 0.5) is 4.79 Å². The molecule has 0 aromatic heterocycles. The minimum atomic E-state index is -0.474. The van der Waals surface area contributed by atoms with Crippen LogP contribution in [-0.4, -0.2) is 42.3 Å². The Bertz CT molecular complexity index is 682. The van der Waals surface area contributed by atoms with E-state index >= 15 is 0 Å². The van der Waals surface area contributed by atoms with Gasteiger partial charge in [-0.05, 0) is 51.0 Å². The van der Waals surface area contributed by atoms with Crippen LogP contribution < -0.4 is 5.32 Å².